The molecule has 1 aliphatic rings. The summed E-state index contributed by atoms with van der Waals surface area (Å²) < 4.78 is 0. The van der Waals surface area contributed by atoms with E-state index in [2.05, 4.69) is 0 Å². The lowest BCUT2D eigenvalue weighted by molar-refractivity contribution is -0.384. The zero-order valence-electron chi connectivity index (χ0n) is 11.5. The van der Waals surface area contributed by atoms with Gasteiger partial charge in [-0.15, -0.1) is 0 Å². The summed E-state index contributed by atoms with van der Waals surface area (Å²) in [6, 6.07) is 8.66. The van der Waals surface area contributed by atoms with E-state index in [-0.39, 0.29) is 17.8 Å². The number of carbonyl (C=O) groups is 2. The van der Waals surface area contributed by atoms with E-state index in [1.807, 2.05) is 0 Å². The van der Waals surface area contributed by atoms with Crippen molar-refractivity contribution in [3.05, 3.63) is 67.7 Å². The molecule has 0 unspecified atom stereocenters. The van der Waals surface area contributed by atoms with Crippen molar-refractivity contribution in [2.75, 3.05) is 4.90 Å². The standard InChI is InChI=1S/C15H8Cl2N2O4/c16-11-3-1-8(5-12(11)17)7-18-13-4-2-9(19(22)23)6-10(13)14(20)15(18)21/h1-6H,7H2. The molecule has 0 atom stereocenters. The van der Waals surface area contributed by atoms with E-state index >= 15 is 0 Å². The molecule has 0 radical (unpaired) electrons. The van der Waals surface area contributed by atoms with Crippen molar-refractivity contribution in [2.24, 2.45) is 0 Å². The van der Waals surface area contributed by atoms with Crippen LogP contribution in [-0.2, 0) is 11.3 Å². The van der Waals surface area contributed by atoms with Crippen molar-refractivity contribution in [1.29, 1.82) is 0 Å². The number of hydrogen-bond acceptors (Lipinski definition) is 4. The molecule has 6 nitrogen and oxygen atoms in total. The Bertz CT molecular complexity index is 867. The number of amides is 1. The second-order valence-electron chi connectivity index (χ2n) is 4.93. The van der Waals surface area contributed by atoms with Crippen molar-refractivity contribution in [3.8, 4) is 0 Å². The number of non-ortho nitro benzene ring substituents is 1. The van der Waals surface area contributed by atoms with Gasteiger partial charge in [0.1, 0.15) is 0 Å². The lowest BCUT2D eigenvalue weighted by Crippen LogP contribution is -2.29. The Hall–Kier alpha value is -2.44. The molecule has 1 heterocycles. The Balaban J connectivity index is 1.99. The normalized spacial score (nSPS) is 13.4. The predicted octanol–water partition coefficient (Wildman–Crippen LogP) is 3.63. The van der Waals surface area contributed by atoms with E-state index < -0.39 is 16.6 Å². The number of fused-ring (bicyclic) bond motifs is 1. The summed E-state index contributed by atoms with van der Waals surface area (Å²) in [5.74, 6) is -1.49. The van der Waals surface area contributed by atoms with Gasteiger partial charge < -0.3 is 4.90 Å². The number of anilines is 1. The van der Waals surface area contributed by atoms with Gasteiger partial charge in [-0.3, -0.25) is 19.7 Å². The molecule has 8 heteroatoms. The molecule has 0 aliphatic carbocycles. The van der Waals surface area contributed by atoms with Crippen LogP contribution in [0.1, 0.15) is 15.9 Å². The van der Waals surface area contributed by atoms with Gasteiger partial charge in [-0.2, -0.15) is 0 Å². The molecule has 0 spiro atoms. The number of carbonyl (C=O) groups excluding carboxylic acids is 2. The highest BCUT2D eigenvalue weighted by molar-refractivity contribution is 6.52. The van der Waals surface area contributed by atoms with Gasteiger partial charge in [0.15, 0.2) is 0 Å². The van der Waals surface area contributed by atoms with Gasteiger partial charge in [0, 0.05) is 12.1 Å². The van der Waals surface area contributed by atoms with Gasteiger partial charge >= 0.3 is 0 Å². The SMILES string of the molecule is O=C1C(=O)N(Cc2ccc(Cl)c(Cl)c2)c2ccc([N+](=O)[O-])cc21. The fraction of sp³-hybridized carbons (Fsp3) is 0.0667. The maximum atomic E-state index is 12.1. The zero-order valence-corrected chi connectivity index (χ0v) is 13.0. The third-order valence-corrected chi connectivity index (χ3v) is 4.23. The lowest BCUT2D eigenvalue weighted by atomic mass is 10.1. The van der Waals surface area contributed by atoms with E-state index in [9.17, 15) is 19.7 Å². The molecule has 23 heavy (non-hydrogen) atoms. The summed E-state index contributed by atoms with van der Waals surface area (Å²) in [4.78, 5) is 35.6. The number of Topliss-reactive ketones (excluding diaryl/α,β-unsaturated/α-hetero) is 1. The molecule has 0 bridgehead atoms. The van der Waals surface area contributed by atoms with Crippen molar-refractivity contribution in [1.82, 2.24) is 0 Å². The van der Waals surface area contributed by atoms with Crippen LogP contribution in [0.3, 0.4) is 0 Å². The Kier molecular flexibility index (Phi) is 3.79. The Morgan fingerprint density at radius 2 is 1.78 bits per heavy atom. The first-order valence-electron chi connectivity index (χ1n) is 6.47. The van der Waals surface area contributed by atoms with E-state index in [1.165, 1.54) is 17.0 Å². The molecule has 0 N–H and O–H groups in total. The molecule has 2 aromatic rings. The smallest absolute Gasteiger partial charge is 0.299 e. The van der Waals surface area contributed by atoms with Crippen molar-refractivity contribution < 1.29 is 14.5 Å². The molecule has 1 amide bonds. The fourth-order valence-electron chi connectivity index (χ4n) is 2.38. The molecular formula is C15H8Cl2N2O4. The van der Waals surface area contributed by atoms with Gasteiger partial charge in [-0.1, -0.05) is 29.3 Å². The van der Waals surface area contributed by atoms with E-state index in [0.29, 0.717) is 21.3 Å². The molecule has 2 aromatic carbocycles. The highest BCUT2D eigenvalue weighted by Crippen LogP contribution is 2.33. The van der Waals surface area contributed by atoms with Crippen LogP contribution in [0.4, 0.5) is 11.4 Å². The van der Waals surface area contributed by atoms with Gasteiger partial charge in [0.25, 0.3) is 17.4 Å². The Labute approximate surface area is 140 Å². The zero-order chi connectivity index (χ0) is 16.7. The molecular weight excluding hydrogens is 343 g/mol. The molecule has 0 saturated heterocycles. The predicted molar refractivity (Wildman–Crippen MR) is 85.1 cm³/mol. The Morgan fingerprint density at radius 3 is 2.43 bits per heavy atom. The summed E-state index contributed by atoms with van der Waals surface area (Å²) in [7, 11) is 0. The third-order valence-electron chi connectivity index (χ3n) is 3.49. The first-order valence-corrected chi connectivity index (χ1v) is 7.22. The van der Waals surface area contributed by atoms with E-state index in [0.717, 1.165) is 6.07 Å². The number of nitro groups is 1. The molecule has 0 aromatic heterocycles. The molecule has 1 aliphatic heterocycles. The minimum atomic E-state index is -0.760. The topological polar surface area (TPSA) is 80.5 Å². The fourth-order valence-corrected chi connectivity index (χ4v) is 2.70. The van der Waals surface area contributed by atoms with Crippen LogP contribution in [0.15, 0.2) is 36.4 Å². The average molecular weight is 351 g/mol. The molecule has 116 valence electrons. The summed E-state index contributed by atoms with van der Waals surface area (Å²) in [6.45, 7) is 0.117. The van der Waals surface area contributed by atoms with Crippen LogP contribution < -0.4 is 4.90 Å². The van der Waals surface area contributed by atoms with Crippen LogP contribution in [0.2, 0.25) is 10.0 Å². The molecule has 0 fully saturated rings. The van der Waals surface area contributed by atoms with Crippen LogP contribution >= 0.6 is 23.2 Å². The summed E-state index contributed by atoms with van der Waals surface area (Å²) in [5, 5.41) is 11.5. The minimum Gasteiger partial charge on any atom is -0.300 e. The van der Waals surface area contributed by atoms with E-state index in [4.69, 9.17) is 23.2 Å². The second-order valence-corrected chi connectivity index (χ2v) is 5.74. The maximum absolute atomic E-state index is 12.1. The van der Waals surface area contributed by atoms with Crippen molar-refractivity contribution in [2.45, 2.75) is 6.54 Å². The number of halogens is 2. The Morgan fingerprint density at radius 1 is 1.04 bits per heavy atom. The first-order chi connectivity index (χ1) is 10.9. The summed E-state index contributed by atoms with van der Waals surface area (Å²) >= 11 is 11.8. The van der Waals surface area contributed by atoms with Crippen molar-refractivity contribution in [3.63, 3.8) is 0 Å². The number of ketones is 1. The summed E-state index contributed by atoms with van der Waals surface area (Å²) in [6.07, 6.45) is 0. The van der Waals surface area contributed by atoms with Gasteiger partial charge in [-0.05, 0) is 23.8 Å². The van der Waals surface area contributed by atoms with Crippen LogP contribution in [0.5, 0.6) is 0 Å². The summed E-state index contributed by atoms with van der Waals surface area (Å²) in [5.41, 5.74) is 0.828. The number of benzene rings is 2. The van der Waals surface area contributed by atoms with Crippen LogP contribution in [-0.4, -0.2) is 16.6 Å². The van der Waals surface area contributed by atoms with Crippen molar-refractivity contribution >= 4 is 46.3 Å². The van der Waals surface area contributed by atoms with Gasteiger partial charge in [-0.25, -0.2) is 0 Å². The molecule has 3 rings (SSSR count). The number of hydrogen-bond donors (Lipinski definition) is 0. The van der Waals surface area contributed by atoms with Gasteiger partial charge in [0.2, 0.25) is 0 Å². The quantitative estimate of drug-likeness (QED) is 0.480. The first kappa shape index (κ1) is 15.5. The van der Waals surface area contributed by atoms with E-state index in [1.54, 1.807) is 18.2 Å². The van der Waals surface area contributed by atoms with Crippen LogP contribution in [0, 0.1) is 10.1 Å². The number of nitro benzene ring substituents is 1. The van der Waals surface area contributed by atoms with Crippen LogP contribution in [0.25, 0.3) is 0 Å². The molecule has 0 saturated carbocycles. The maximum Gasteiger partial charge on any atom is 0.299 e. The average Bonchev–Trinajstić information content (AvgIpc) is 2.75. The minimum absolute atomic E-state index is 0.0317. The highest BCUT2D eigenvalue weighted by atomic mass is 35.5. The third kappa shape index (κ3) is 2.67. The monoisotopic (exact) mass is 350 g/mol. The number of rotatable bonds is 3. The number of nitrogens with zero attached hydrogens (tertiary/aromatic N) is 2. The highest BCUT2D eigenvalue weighted by Gasteiger charge is 2.37. The second kappa shape index (κ2) is 5.64. The van der Waals surface area contributed by atoms with Gasteiger partial charge in [0.05, 0.1) is 32.8 Å². The largest absolute Gasteiger partial charge is 0.300 e. The lowest BCUT2D eigenvalue weighted by Gasteiger charge is -2.16.